The number of carbonyl (C=O) groups excluding carboxylic acids is 1. The van der Waals surface area contributed by atoms with Crippen LogP contribution in [0.2, 0.25) is 0 Å². The molecule has 0 aromatic carbocycles. The number of hydrogen-bond donors (Lipinski definition) is 2. The molecule has 0 saturated heterocycles. The average Bonchev–Trinajstić information content (AvgIpc) is 3.23. The predicted octanol–water partition coefficient (Wildman–Crippen LogP) is 0.433. The van der Waals surface area contributed by atoms with Gasteiger partial charge in [-0.2, -0.15) is 0 Å². The fraction of sp³-hybridized carbons (Fsp3) is 0.615. The highest BCUT2D eigenvalue weighted by atomic mass is 16.3. The number of hydrogen-bond acceptors (Lipinski definition) is 5. The molecule has 0 radical (unpaired) electrons. The largest absolute Gasteiger partial charge is 0.391 e. The molecule has 2 rings (SSSR count). The van der Waals surface area contributed by atoms with Crippen LogP contribution in [0.25, 0.3) is 0 Å². The van der Waals surface area contributed by atoms with Crippen molar-refractivity contribution in [3.63, 3.8) is 0 Å². The van der Waals surface area contributed by atoms with Gasteiger partial charge in [0.2, 0.25) is 0 Å². The van der Waals surface area contributed by atoms with Gasteiger partial charge in [-0.1, -0.05) is 0 Å². The molecular weight excluding hydrogens is 244 g/mol. The molecule has 104 valence electrons. The third-order valence-corrected chi connectivity index (χ3v) is 3.24. The minimum absolute atomic E-state index is 0.220. The lowest BCUT2D eigenvalue weighted by Gasteiger charge is -2.21. The number of carbonyl (C=O) groups is 1. The monoisotopic (exact) mass is 264 g/mol. The zero-order valence-corrected chi connectivity index (χ0v) is 11.3. The van der Waals surface area contributed by atoms with Gasteiger partial charge in [-0.25, -0.2) is 0 Å². The second-order valence-corrected chi connectivity index (χ2v) is 4.92. The predicted molar refractivity (Wildman–Crippen MR) is 72.0 cm³/mol. The Kier molecular flexibility index (Phi) is 4.31. The molecule has 1 atom stereocenters. The van der Waals surface area contributed by atoms with E-state index in [0.717, 1.165) is 12.8 Å². The molecule has 6 heteroatoms. The number of aliphatic hydroxyl groups excluding tert-OH is 1. The first-order valence-corrected chi connectivity index (χ1v) is 6.63. The van der Waals surface area contributed by atoms with Crippen LogP contribution in [0.3, 0.4) is 0 Å². The Hall–Kier alpha value is -1.69. The van der Waals surface area contributed by atoms with Crippen molar-refractivity contribution in [3.8, 4) is 0 Å². The summed E-state index contributed by atoms with van der Waals surface area (Å²) in [5.74, 6) is 0.875. The van der Waals surface area contributed by atoms with Crippen molar-refractivity contribution in [2.45, 2.75) is 25.9 Å². The van der Waals surface area contributed by atoms with E-state index in [1.165, 1.54) is 0 Å². The molecule has 1 amide bonds. The van der Waals surface area contributed by atoms with E-state index < -0.39 is 0 Å². The normalized spacial score (nSPS) is 15.9. The van der Waals surface area contributed by atoms with Gasteiger partial charge in [-0.3, -0.25) is 4.79 Å². The van der Waals surface area contributed by atoms with Crippen molar-refractivity contribution in [2.24, 2.45) is 5.92 Å². The van der Waals surface area contributed by atoms with Crippen LogP contribution in [-0.4, -0.2) is 47.5 Å². The summed E-state index contributed by atoms with van der Waals surface area (Å²) in [6, 6.07) is 3.39. The highest BCUT2D eigenvalue weighted by Crippen LogP contribution is 2.33. The first-order chi connectivity index (χ1) is 9.11. The number of nitrogens with one attached hydrogen (secondary N) is 1. The van der Waals surface area contributed by atoms with Crippen LogP contribution in [0.4, 0.5) is 5.82 Å². The summed E-state index contributed by atoms with van der Waals surface area (Å²) in [6.45, 7) is 2.96. The molecular formula is C13H20N4O2. The summed E-state index contributed by atoms with van der Waals surface area (Å²) in [7, 11) is 1.86. The van der Waals surface area contributed by atoms with Gasteiger partial charge in [0, 0.05) is 20.1 Å². The Bertz CT molecular complexity index is 431. The van der Waals surface area contributed by atoms with E-state index in [1.807, 2.05) is 18.9 Å². The number of likely N-dealkylation sites (N-methyl/N-ethyl adjacent to an activating group) is 1. The van der Waals surface area contributed by atoms with Crippen molar-refractivity contribution in [3.05, 3.63) is 17.8 Å². The molecule has 1 aromatic heterocycles. The lowest BCUT2D eigenvalue weighted by atomic mass is 10.2. The van der Waals surface area contributed by atoms with E-state index in [0.29, 0.717) is 30.5 Å². The van der Waals surface area contributed by atoms with Crippen LogP contribution in [0.1, 0.15) is 30.3 Å². The molecule has 19 heavy (non-hydrogen) atoms. The van der Waals surface area contributed by atoms with Crippen molar-refractivity contribution < 1.29 is 9.90 Å². The molecule has 1 aliphatic carbocycles. The van der Waals surface area contributed by atoms with Crippen molar-refractivity contribution in [1.29, 1.82) is 0 Å². The Labute approximate surface area is 112 Å². The first kappa shape index (κ1) is 13.7. The topological polar surface area (TPSA) is 78.4 Å². The number of aliphatic hydroxyl groups is 1. The van der Waals surface area contributed by atoms with Gasteiger partial charge in [-0.05, 0) is 37.8 Å². The van der Waals surface area contributed by atoms with E-state index in [9.17, 15) is 9.90 Å². The first-order valence-electron chi connectivity index (χ1n) is 6.63. The molecule has 1 fully saturated rings. The quantitative estimate of drug-likeness (QED) is 0.779. The van der Waals surface area contributed by atoms with E-state index in [1.54, 1.807) is 12.1 Å². The summed E-state index contributed by atoms with van der Waals surface area (Å²) >= 11 is 0. The maximum atomic E-state index is 11.5. The minimum Gasteiger partial charge on any atom is -0.391 e. The van der Waals surface area contributed by atoms with Crippen LogP contribution < -0.4 is 10.2 Å². The van der Waals surface area contributed by atoms with E-state index in [2.05, 4.69) is 15.5 Å². The molecule has 1 heterocycles. The Morgan fingerprint density at radius 1 is 1.53 bits per heavy atom. The Balaban J connectivity index is 1.94. The van der Waals surface area contributed by atoms with E-state index in [-0.39, 0.29) is 12.0 Å². The molecule has 0 spiro atoms. The average molecular weight is 264 g/mol. The lowest BCUT2D eigenvalue weighted by Crippen LogP contribution is -2.31. The van der Waals surface area contributed by atoms with Crippen LogP contribution in [-0.2, 0) is 0 Å². The highest BCUT2D eigenvalue weighted by Gasteiger charge is 2.30. The molecule has 1 aliphatic rings. The SMILES string of the molecule is CCNC(=O)c1ccc(N(C)CC(O)C2CC2)nn1. The van der Waals surface area contributed by atoms with E-state index >= 15 is 0 Å². The Morgan fingerprint density at radius 2 is 2.26 bits per heavy atom. The summed E-state index contributed by atoms with van der Waals surface area (Å²) in [5.41, 5.74) is 0.307. The molecule has 2 N–H and O–H groups in total. The van der Waals surface area contributed by atoms with Crippen LogP contribution in [0.5, 0.6) is 0 Å². The maximum absolute atomic E-state index is 11.5. The van der Waals surface area contributed by atoms with Crippen molar-refractivity contribution in [2.75, 3.05) is 25.0 Å². The van der Waals surface area contributed by atoms with E-state index in [4.69, 9.17) is 0 Å². The van der Waals surface area contributed by atoms with Gasteiger partial charge < -0.3 is 15.3 Å². The minimum atomic E-state index is -0.310. The molecule has 0 bridgehead atoms. The van der Waals surface area contributed by atoms with Gasteiger partial charge in [0.15, 0.2) is 11.5 Å². The van der Waals surface area contributed by atoms with Crippen molar-refractivity contribution >= 4 is 11.7 Å². The molecule has 1 aromatic rings. The number of nitrogens with zero attached hydrogens (tertiary/aromatic N) is 3. The zero-order chi connectivity index (χ0) is 13.8. The maximum Gasteiger partial charge on any atom is 0.271 e. The number of aromatic nitrogens is 2. The van der Waals surface area contributed by atoms with Gasteiger partial charge in [-0.15, -0.1) is 10.2 Å². The Morgan fingerprint density at radius 3 is 2.79 bits per heavy atom. The third-order valence-electron chi connectivity index (χ3n) is 3.24. The van der Waals surface area contributed by atoms with Gasteiger partial charge >= 0.3 is 0 Å². The summed E-state index contributed by atoms with van der Waals surface area (Å²) < 4.78 is 0. The smallest absolute Gasteiger partial charge is 0.271 e. The van der Waals surface area contributed by atoms with Gasteiger partial charge in [0.05, 0.1) is 6.10 Å². The fourth-order valence-electron chi connectivity index (χ4n) is 1.91. The number of rotatable bonds is 6. The lowest BCUT2D eigenvalue weighted by molar-refractivity contribution is 0.0949. The second kappa shape index (κ2) is 5.97. The highest BCUT2D eigenvalue weighted by molar-refractivity contribution is 5.92. The number of anilines is 1. The fourth-order valence-corrected chi connectivity index (χ4v) is 1.91. The zero-order valence-electron chi connectivity index (χ0n) is 11.3. The standard InChI is InChI=1S/C13H20N4O2/c1-3-14-13(19)10-6-7-12(16-15-10)17(2)8-11(18)9-4-5-9/h6-7,9,11,18H,3-5,8H2,1-2H3,(H,14,19). The second-order valence-electron chi connectivity index (χ2n) is 4.92. The van der Waals surface area contributed by atoms with Gasteiger partial charge in [0.1, 0.15) is 0 Å². The summed E-state index contributed by atoms with van der Waals surface area (Å²) in [6.07, 6.45) is 1.91. The summed E-state index contributed by atoms with van der Waals surface area (Å²) in [4.78, 5) is 13.4. The van der Waals surface area contributed by atoms with Crippen LogP contribution >= 0.6 is 0 Å². The molecule has 1 unspecified atom stereocenters. The van der Waals surface area contributed by atoms with Crippen molar-refractivity contribution in [1.82, 2.24) is 15.5 Å². The number of amides is 1. The molecule has 6 nitrogen and oxygen atoms in total. The van der Waals surface area contributed by atoms with Gasteiger partial charge in [0.25, 0.3) is 5.91 Å². The molecule has 1 saturated carbocycles. The summed E-state index contributed by atoms with van der Waals surface area (Å²) in [5, 5.41) is 20.5. The molecule has 0 aliphatic heterocycles. The van der Waals surface area contributed by atoms with Crippen LogP contribution in [0.15, 0.2) is 12.1 Å². The van der Waals surface area contributed by atoms with Crippen LogP contribution in [0, 0.1) is 5.92 Å². The third kappa shape index (κ3) is 3.64.